The molecule has 0 bridgehead atoms. The highest BCUT2D eigenvalue weighted by molar-refractivity contribution is 8.00. The lowest BCUT2D eigenvalue weighted by atomic mass is 10.1. The number of primary amides is 1. The first kappa shape index (κ1) is 10.5. The van der Waals surface area contributed by atoms with Gasteiger partial charge >= 0.3 is 0 Å². The van der Waals surface area contributed by atoms with E-state index in [9.17, 15) is 9.59 Å². The molecule has 1 aliphatic heterocycles. The van der Waals surface area contributed by atoms with Gasteiger partial charge in [0, 0.05) is 18.7 Å². The van der Waals surface area contributed by atoms with Crippen LogP contribution in [-0.4, -0.2) is 35.4 Å². The molecule has 13 heavy (non-hydrogen) atoms. The Labute approximate surface area is 80.6 Å². The summed E-state index contributed by atoms with van der Waals surface area (Å²) in [6.07, 6.45) is -0.0719. The lowest BCUT2D eigenvalue weighted by Crippen LogP contribution is -2.43. The molecule has 1 fully saturated rings. The molecule has 1 saturated heterocycles. The Morgan fingerprint density at radius 2 is 2.31 bits per heavy atom. The molecule has 0 saturated carbocycles. The first-order chi connectivity index (χ1) is 6.11. The molecule has 0 aromatic rings. The first-order valence-electron chi connectivity index (χ1n) is 4.04. The molecule has 1 heterocycles. The number of amides is 1. The first-order valence-corrected chi connectivity index (χ1v) is 5.08. The second kappa shape index (κ2) is 4.59. The molecule has 6 heteroatoms. The fourth-order valence-electron chi connectivity index (χ4n) is 1.12. The Morgan fingerprint density at radius 3 is 2.77 bits per heavy atom. The van der Waals surface area contributed by atoms with Crippen molar-refractivity contribution in [1.82, 2.24) is 5.32 Å². The highest BCUT2D eigenvalue weighted by atomic mass is 32.2. The van der Waals surface area contributed by atoms with Crippen molar-refractivity contribution in [3.05, 3.63) is 0 Å². The number of carbonyl (C=O) groups is 2. The van der Waals surface area contributed by atoms with E-state index in [1.165, 1.54) is 11.8 Å². The number of carbonyl (C=O) groups excluding carboxylic acids is 2. The summed E-state index contributed by atoms with van der Waals surface area (Å²) in [5.41, 5.74) is 10.4. The molecule has 1 amide bonds. The minimum absolute atomic E-state index is 0.0719. The minimum atomic E-state index is -0.763. The molecule has 74 valence electrons. The van der Waals surface area contributed by atoms with Crippen LogP contribution in [0.4, 0.5) is 0 Å². The van der Waals surface area contributed by atoms with Crippen LogP contribution in [0.1, 0.15) is 6.42 Å². The van der Waals surface area contributed by atoms with Gasteiger partial charge in [0.2, 0.25) is 5.91 Å². The van der Waals surface area contributed by atoms with Gasteiger partial charge in [-0.2, -0.15) is 0 Å². The van der Waals surface area contributed by atoms with E-state index in [4.69, 9.17) is 11.5 Å². The van der Waals surface area contributed by atoms with E-state index in [0.717, 1.165) is 12.3 Å². The van der Waals surface area contributed by atoms with Gasteiger partial charge < -0.3 is 11.5 Å². The normalized spacial score (nSPS) is 24.2. The van der Waals surface area contributed by atoms with Gasteiger partial charge in [-0.05, 0) is 0 Å². The third kappa shape index (κ3) is 2.98. The second-order valence-electron chi connectivity index (χ2n) is 2.88. The summed E-state index contributed by atoms with van der Waals surface area (Å²) in [6, 6.07) is -0.763. The van der Waals surface area contributed by atoms with Crippen LogP contribution in [0.3, 0.4) is 0 Å². The topological polar surface area (TPSA) is 98.2 Å². The van der Waals surface area contributed by atoms with E-state index >= 15 is 0 Å². The summed E-state index contributed by atoms with van der Waals surface area (Å²) >= 11 is 1.51. The van der Waals surface area contributed by atoms with Gasteiger partial charge in [0.25, 0.3) is 0 Å². The molecule has 2 atom stereocenters. The largest absolute Gasteiger partial charge is 0.370 e. The summed E-state index contributed by atoms with van der Waals surface area (Å²) in [6.45, 7) is 0.810. The number of rotatable bonds is 4. The van der Waals surface area contributed by atoms with E-state index < -0.39 is 11.9 Å². The van der Waals surface area contributed by atoms with E-state index in [1.54, 1.807) is 0 Å². The summed E-state index contributed by atoms with van der Waals surface area (Å²) < 4.78 is 0. The molecule has 0 aromatic heterocycles. The Bertz CT molecular complexity index is 216. The average Bonchev–Trinajstić information content (AvgIpc) is 2.53. The van der Waals surface area contributed by atoms with Crippen LogP contribution in [0.5, 0.6) is 0 Å². The summed E-state index contributed by atoms with van der Waals surface area (Å²) in [7, 11) is 0. The highest BCUT2D eigenvalue weighted by Gasteiger charge is 2.27. The number of Topliss-reactive ketones (excluding diaryl/α,β-unsaturated/α-hetero) is 1. The van der Waals surface area contributed by atoms with E-state index in [2.05, 4.69) is 5.32 Å². The number of hydrogen-bond acceptors (Lipinski definition) is 5. The maximum atomic E-state index is 11.5. The zero-order valence-corrected chi connectivity index (χ0v) is 7.97. The van der Waals surface area contributed by atoms with E-state index in [1.807, 2.05) is 0 Å². The van der Waals surface area contributed by atoms with E-state index in [0.29, 0.717) is 0 Å². The molecule has 0 spiro atoms. The van der Waals surface area contributed by atoms with Crippen molar-refractivity contribution in [2.75, 3.05) is 12.3 Å². The summed E-state index contributed by atoms with van der Waals surface area (Å²) in [5, 5.41) is 2.74. The van der Waals surface area contributed by atoms with Crippen LogP contribution in [-0.2, 0) is 9.59 Å². The fourth-order valence-corrected chi connectivity index (χ4v) is 2.17. The number of nitrogens with one attached hydrogen (secondary N) is 1. The lowest BCUT2D eigenvalue weighted by Gasteiger charge is -2.13. The maximum Gasteiger partial charge on any atom is 0.219 e. The van der Waals surface area contributed by atoms with Crippen LogP contribution in [0.25, 0.3) is 0 Å². The van der Waals surface area contributed by atoms with Crippen LogP contribution < -0.4 is 16.8 Å². The van der Waals surface area contributed by atoms with Crippen LogP contribution in [0.2, 0.25) is 0 Å². The highest BCUT2D eigenvalue weighted by Crippen LogP contribution is 2.15. The zero-order chi connectivity index (χ0) is 9.84. The Balaban J connectivity index is 2.41. The third-order valence-electron chi connectivity index (χ3n) is 1.76. The van der Waals surface area contributed by atoms with Crippen molar-refractivity contribution in [2.45, 2.75) is 17.8 Å². The number of thioether (sulfide) groups is 1. The maximum absolute atomic E-state index is 11.5. The molecule has 1 unspecified atom stereocenters. The SMILES string of the molecule is NC(=O)C[C@H](N)C(=O)C1NCCS1. The van der Waals surface area contributed by atoms with Gasteiger partial charge in [-0.3, -0.25) is 14.9 Å². The van der Waals surface area contributed by atoms with Crippen molar-refractivity contribution in [3.63, 3.8) is 0 Å². The van der Waals surface area contributed by atoms with Crippen molar-refractivity contribution in [3.8, 4) is 0 Å². The average molecular weight is 203 g/mol. The van der Waals surface area contributed by atoms with Gasteiger partial charge in [-0.25, -0.2) is 0 Å². The number of nitrogens with two attached hydrogens (primary N) is 2. The van der Waals surface area contributed by atoms with Crippen molar-refractivity contribution in [2.24, 2.45) is 11.5 Å². The predicted molar refractivity (Wildman–Crippen MR) is 51.0 cm³/mol. The van der Waals surface area contributed by atoms with Crippen molar-refractivity contribution >= 4 is 23.5 Å². The smallest absolute Gasteiger partial charge is 0.219 e. The lowest BCUT2D eigenvalue weighted by molar-refractivity contribution is -0.124. The molecule has 1 aliphatic rings. The van der Waals surface area contributed by atoms with Gasteiger partial charge in [0.15, 0.2) is 5.78 Å². The molecule has 0 aromatic carbocycles. The molecule has 0 aliphatic carbocycles. The number of hydrogen-bond donors (Lipinski definition) is 3. The summed E-state index contributed by atoms with van der Waals surface area (Å²) in [5.74, 6) is 0.227. The van der Waals surface area contributed by atoms with Crippen LogP contribution >= 0.6 is 11.8 Å². The monoisotopic (exact) mass is 203 g/mol. The Kier molecular flexibility index (Phi) is 3.71. The van der Waals surface area contributed by atoms with Gasteiger partial charge in [-0.1, -0.05) is 0 Å². The number of ketones is 1. The van der Waals surface area contributed by atoms with E-state index in [-0.39, 0.29) is 17.6 Å². The summed E-state index contributed by atoms with van der Waals surface area (Å²) in [4.78, 5) is 22.0. The quantitative estimate of drug-likeness (QED) is 0.512. The van der Waals surface area contributed by atoms with Crippen LogP contribution in [0.15, 0.2) is 0 Å². The van der Waals surface area contributed by atoms with Crippen molar-refractivity contribution in [1.29, 1.82) is 0 Å². The third-order valence-corrected chi connectivity index (χ3v) is 2.93. The predicted octanol–water partition coefficient (Wildman–Crippen LogP) is -1.58. The second-order valence-corrected chi connectivity index (χ2v) is 4.10. The van der Waals surface area contributed by atoms with Gasteiger partial charge in [0.05, 0.1) is 6.04 Å². The Hall–Kier alpha value is -0.590. The molecule has 5 N–H and O–H groups in total. The Morgan fingerprint density at radius 1 is 1.62 bits per heavy atom. The minimum Gasteiger partial charge on any atom is -0.370 e. The van der Waals surface area contributed by atoms with Gasteiger partial charge in [0.1, 0.15) is 5.37 Å². The molecular formula is C7H13N3O2S. The molecular weight excluding hydrogens is 190 g/mol. The van der Waals surface area contributed by atoms with Crippen molar-refractivity contribution < 1.29 is 9.59 Å². The molecule has 5 nitrogen and oxygen atoms in total. The van der Waals surface area contributed by atoms with Gasteiger partial charge in [-0.15, -0.1) is 11.8 Å². The standard InChI is InChI=1S/C7H13N3O2S/c8-4(3-5(9)11)6(12)7-10-1-2-13-7/h4,7,10H,1-3,8H2,(H2,9,11)/t4-,7?/m0/s1. The zero-order valence-electron chi connectivity index (χ0n) is 7.16. The molecule has 1 rings (SSSR count). The van der Waals surface area contributed by atoms with Crippen LogP contribution in [0, 0.1) is 0 Å². The molecule has 0 radical (unpaired) electrons. The fraction of sp³-hybridized carbons (Fsp3) is 0.714.